The maximum atomic E-state index is 12.5. The van der Waals surface area contributed by atoms with Crippen LogP contribution in [-0.4, -0.2) is 30.8 Å². The fourth-order valence-corrected chi connectivity index (χ4v) is 4.12. The molecule has 0 spiro atoms. The molecule has 0 aliphatic rings. The monoisotopic (exact) mass is 369 g/mol. The third kappa shape index (κ3) is 4.25. The van der Waals surface area contributed by atoms with E-state index in [9.17, 15) is 4.79 Å². The van der Waals surface area contributed by atoms with Gasteiger partial charge in [-0.2, -0.15) is 0 Å². The van der Waals surface area contributed by atoms with Crippen LogP contribution in [0.15, 0.2) is 73.3 Å². The molecule has 0 aliphatic heterocycles. The first kappa shape index (κ1) is 15.4. The maximum absolute atomic E-state index is 12.5. The van der Waals surface area contributed by atoms with Crippen LogP contribution in [-0.2, 0) is 5.32 Å². The fourth-order valence-electron chi connectivity index (χ4n) is 2.06. The van der Waals surface area contributed by atoms with Gasteiger partial charge in [-0.15, -0.1) is 0 Å². The van der Waals surface area contributed by atoms with Crippen molar-refractivity contribution < 1.29 is 4.79 Å². The zero-order valence-electron chi connectivity index (χ0n) is 12.3. The minimum absolute atomic E-state index is 0.0835. The van der Waals surface area contributed by atoms with Crippen molar-refractivity contribution in [1.82, 2.24) is 9.97 Å². The Morgan fingerprint density at radius 1 is 0.957 bits per heavy atom. The average Bonchev–Trinajstić information content (AvgIpc) is 2.62. The number of aromatic nitrogens is 2. The van der Waals surface area contributed by atoms with Gasteiger partial charge in [0.05, 0.1) is 0 Å². The van der Waals surface area contributed by atoms with E-state index in [2.05, 4.69) is 21.4 Å². The summed E-state index contributed by atoms with van der Waals surface area (Å²) >= 11 is 0.176. The summed E-state index contributed by atoms with van der Waals surface area (Å²) in [7, 11) is 0. The standard InChI is InChI=1S/C18H15N3OSe/c22-18(21-15-7-10-19-11-8-15)16-5-1-2-6-17(16)23-13-14-4-3-9-20-12-14/h1-12H,13H2,(H,19,21,22). The molecule has 0 saturated carbocycles. The molecule has 3 aromatic rings. The molecule has 1 N–H and O–H groups in total. The molecule has 3 rings (SSSR count). The number of nitrogens with zero attached hydrogens (tertiary/aromatic N) is 2. The molecular formula is C18H15N3OSe. The Hall–Kier alpha value is -2.49. The molecule has 0 radical (unpaired) electrons. The molecule has 1 aromatic carbocycles. The molecule has 2 heterocycles. The van der Waals surface area contributed by atoms with Gasteiger partial charge < -0.3 is 0 Å². The zero-order valence-corrected chi connectivity index (χ0v) is 14.1. The van der Waals surface area contributed by atoms with Crippen molar-refractivity contribution in [2.75, 3.05) is 5.32 Å². The van der Waals surface area contributed by atoms with E-state index in [-0.39, 0.29) is 20.9 Å². The van der Waals surface area contributed by atoms with E-state index in [0.717, 1.165) is 21.0 Å². The number of nitrogens with one attached hydrogen (secondary N) is 1. The van der Waals surface area contributed by atoms with Gasteiger partial charge in [0.1, 0.15) is 0 Å². The quantitative estimate of drug-likeness (QED) is 0.703. The first-order valence-corrected chi connectivity index (χ1v) is 9.22. The third-order valence-electron chi connectivity index (χ3n) is 3.19. The second kappa shape index (κ2) is 7.68. The van der Waals surface area contributed by atoms with Crippen LogP contribution in [0.2, 0.25) is 0 Å². The summed E-state index contributed by atoms with van der Waals surface area (Å²) in [6.07, 6.45) is 6.97. The van der Waals surface area contributed by atoms with Crippen LogP contribution in [0, 0.1) is 0 Å². The molecule has 5 heteroatoms. The molecule has 4 nitrogen and oxygen atoms in total. The van der Waals surface area contributed by atoms with Crippen molar-refractivity contribution in [3.63, 3.8) is 0 Å². The number of carbonyl (C=O) groups is 1. The summed E-state index contributed by atoms with van der Waals surface area (Å²) in [5.74, 6) is -0.0835. The normalized spacial score (nSPS) is 10.3. The Morgan fingerprint density at radius 3 is 2.57 bits per heavy atom. The molecule has 114 valence electrons. The van der Waals surface area contributed by atoms with Crippen molar-refractivity contribution in [2.24, 2.45) is 0 Å². The van der Waals surface area contributed by atoms with Gasteiger partial charge in [-0.25, -0.2) is 0 Å². The first-order valence-electron chi connectivity index (χ1n) is 7.15. The number of hydrogen-bond acceptors (Lipinski definition) is 3. The number of hydrogen-bond donors (Lipinski definition) is 1. The Kier molecular flexibility index (Phi) is 5.14. The van der Waals surface area contributed by atoms with E-state index in [1.807, 2.05) is 36.5 Å². The number of rotatable bonds is 5. The SMILES string of the molecule is O=C(Nc1ccncc1)c1ccccc1[Se]Cc1cccnc1. The number of pyridine rings is 2. The van der Waals surface area contributed by atoms with E-state index in [0.29, 0.717) is 0 Å². The molecular weight excluding hydrogens is 353 g/mol. The van der Waals surface area contributed by atoms with Crippen molar-refractivity contribution >= 4 is 31.0 Å². The van der Waals surface area contributed by atoms with Gasteiger partial charge in [0, 0.05) is 0 Å². The van der Waals surface area contributed by atoms with Gasteiger partial charge in [-0.3, -0.25) is 0 Å². The van der Waals surface area contributed by atoms with Crippen LogP contribution in [0.5, 0.6) is 0 Å². The number of amides is 1. The molecule has 0 saturated heterocycles. The van der Waals surface area contributed by atoms with Crippen molar-refractivity contribution in [2.45, 2.75) is 5.32 Å². The Morgan fingerprint density at radius 2 is 1.78 bits per heavy atom. The Labute approximate surface area is 141 Å². The van der Waals surface area contributed by atoms with Crippen LogP contribution in [0.3, 0.4) is 0 Å². The number of carbonyl (C=O) groups excluding carboxylic acids is 1. The summed E-state index contributed by atoms with van der Waals surface area (Å²) in [5.41, 5.74) is 2.67. The third-order valence-corrected chi connectivity index (χ3v) is 5.59. The van der Waals surface area contributed by atoms with E-state index in [4.69, 9.17) is 0 Å². The molecule has 2 aromatic heterocycles. The number of anilines is 1. The second-order valence-corrected chi connectivity index (χ2v) is 6.97. The van der Waals surface area contributed by atoms with Crippen molar-refractivity contribution in [3.05, 3.63) is 84.4 Å². The summed E-state index contributed by atoms with van der Waals surface area (Å²) in [4.78, 5) is 20.6. The molecule has 1 amide bonds. The van der Waals surface area contributed by atoms with Crippen LogP contribution in [0.25, 0.3) is 0 Å². The van der Waals surface area contributed by atoms with E-state index in [1.165, 1.54) is 5.56 Å². The van der Waals surface area contributed by atoms with Gasteiger partial charge in [-0.1, -0.05) is 0 Å². The van der Waals surface area contributed by atoms with Gasteiger partial charge in [0.25, 0.3) is 0 Å². The van der Waals surface area contributed by atoms with Crippen molar-refractivity contribution in [1.29, 1.82) is 0 Å². The summed E-state index contributed by atoms with van der Waals surface area (Å²) < 4.78 is 1.09. The first-order chi connectivity index (χ1) is 11.3. The molecule has 0 fully saturated rings. The molecule has 23 heavy (non-hydrogen) atoms. The molecule has 0 bridgehead atoms. The second-order valence-electron chi connectivity index (χ2n) is 4.84. The van der Waals surface area contributed by atoms with E-state index in [1.54, 1.807) is 30.7 Å². The van der Waals surface area contributed by atoms with Crippen LogP contribution < -0.4 is 9.78 Å². The van der Waals surface area contributed by atoms with Crippen LogP contribution in [0.1, 0.15) is 15.9 Å². The Bertz CT molecular complexity index is 779. The van der Waals surface area contributed by atoms with Crippen LogP contribution in [0.4, 0.5) is 5.69 Å². The molecule has 0 atom stereocenters. The average molecular weight is 368 g/mol. The number of benzene rings is 1. The fraction of sp³-hybridized carbons (Fsp3) is 0.0556. The van der Waals surface area contributed by atoms with Gasteiger partial charge >= 0.3 is 141 Å². The minimum atomic E-state index is -0.0835. The van der Waals surface area contributed by atoms with Crippen LogP contribution >= 0.6 is 0 Å². The summed E-state index contributed by atoms with van der Waals surface area (Å²) in [6.45, 7) is 0. The zero-order chi connectivity index (χ0) is 15.9. The van der Waals surface area contributed by atoms with Gasteiger partial charge in [-0.05, 0) is 0 Å². The predicted molar refractivity (Wildman–Crippen MR) is 92.0 cm³/mol. The molecule has 0 aliphatic carbocycles. The summed E-state index contributed by atoms with van der Waals surface area (Å²) in [5, 5.41) is 3.83. The van der Waals surface area contributed by atoms with Crippen molar-refractivity contribution in [3.8, 4) is 0 Å². The topological polar surface area (TPSA) is 54.9 Å². The van der Waals surface area contributed by atoms with E-state index < -0.39 is 0 Å². The molecule has 0 unspecified atom stereocenters. The van der Waals surface area contributed by atoms with Gasteiger partial charge in [0.15, 0.2) is 0 Å². The summed E-state index contributed by atoms with van der Waals surface area (Å²) in [6, 6.07) is 15.3. The van der Waals surface area contributed by atoms with E-state index >= 15 is 0 Å². The predicted octanol–water partition coefficient (Wildman–Crippen LogP) is 2.26. The Balaban J connectivity index is 1.73. The van der Waals surface area contributed by atoms with Gasteiger partial charge in [0.2, 0.25) is 0 Å².